The average Bonchev–Trinajstić information content (AvgIpc) is 3.02. The Morgan fingerprint density at radius 2 is 0.692 bits per heavy atom. The molecule has 184 valence electrons. The summed E-state index contributed by atoms with van der Waals surface area (Å²) in [6.07, 6.45) is 0. The fraction of sp³-hybridized carbons (Fsp3) is 0.0286. The third-order valence-electron chi connectivity index (χ3n) is 6.96. The van der Waals surface area contributed by atoms with Crippen molar-refractivity contribution in [1.29, 1.82) is 0 Å². The third-order valence-corrected chi connectivity index (χ3v) is 6.96. The highest BCUT2D eigenvalue weighted by Gasteiger charge is 2.20. The van der Waals surface area contributed by atoms with Crippen LogP contribution in [0.5, 0.6) is 0 Å². The van der Waals surface area contributed by atoms with Gasteiger partial charge >= 0.3 is 0 Å². The Labute approximate surface area is 226 Å². The van der Waals surface area contributed by atoms with Crippen LogP contribution in [0.15, 0.2) is 127 Å². The minimum Gasteiger partial charge on any atom is -0.244 e. The first kappa shape index (κ1) is 22.9. The molecule has 0 bridgehead atoms. The lowest BCUT2D eigenvalue weighted by Crippen LogP contribution is -2.01. The maximum absolute atomic E-state index is 5.28. The van der Waals surface area contributed by atoms with Gasteiger partial charge in [0.05, 0.1) is 33.8 Å². The lowest BCUT2D eigenvalue weighted by atomic mass is 10.0. The predicted molar refractivity (Wildman–Crippen MR) is 159 cm³/mol. The maximum atomic E-state index is 5.28. The van der Waals surface area contributed by atoms with E-state index in [4.69, 9.17) is 19.9 Å². The Hall–Kier alpha value is -5.22. The molecule has 0 aliphatic rings. The van der Waals surface area contributed by atoms with Crippen molar-refractivity contribution in [2.75, 3.05) is 0 Å². The molecule has 5 aromatic carbocycles. The number of hydrogen-bond donors (Lipinski definition) is 0. The molecule has 0 spiro atoms. The Morgan fingerprint density at radius 3 is 1.10 bits per heavy atom. The minimum atomic E-state index is 0.749. The highest BCUT2D eigenvalue weighted by atomic mass is 14.9. The molecule has 7 rings (SSSR count). The summed E-state index contributed by atoms with van der Waals surface area (Å²) in [5.41, 5.74) is 11.6. The molecule has 0 saturated heterocycles. The van der Waals surface area contributed by atoms with Crippen LogP contribution in [0.2, 0.25) is 0 Å². The Morgan fingerprint density at radius 1 is 0.359 bits per heavy atom. The molecule has 0 fully saturated rings. The summed E-state index contributed by atoms with van der Waals surface area (Å²) in [5.74, 6) is 0. The van der Waals surface area contributed by atoms with Gasteiger partial charge in [-0.25, -0.2) is 19.9 Å². The Balaban J connectivity index is 1.59. The molecule has 0 amide bonds. The Bertz CT molecular complexity index is 1940. The van der Waals surface area contributed by atoms with E-state index in [0.717, 1.165) is 72.7 Å². The smallest absolute Gasteiger partial charge is 0.118 e. The van der Waals surface area contributed by atoms with E-state index in [9.17, 15) is 0 Å². The first-order chi connectivity index (χ1) is 19.3. The zero-order chi connectivity index (χ0) is 26.2. The van der Waals surface area contributed by atoms with E-state index in [1.165, 1.54) is 0 Å². The van der Waals surface area contributed by atoms with E-state index in [1.807, 2.05) is 72.8 Å². The second-order valence-electron chi connectivity index (χ2n) is 9.56. The molecular weight excluding hydrogens is 476 g/mol. The molecule has 0 unspecified atom stereocenters. The average molecular weight is 501 g/mol. The van der Waals surface area contributed by atoms with Crippen LogP contribution in [0.3, 0.4) is 0 Å². The number of aromatic nitrogens is 4. The van der Waals surface area contributed by atoms with E-state index in [1.54, 1.807) is 0 Å². The number of rotatable bonds is 4. The highest BCUT2D eigenvalue weighted by Crippen LogP contribution is 2.36. The number of aryl methyl sites for hydroxylation is 1. The zero-order valence-electron chi connectivity index (χ0n) is 21.4. The zero-order valence-corrected chi connectivity index (χ0v) is 21.4. The van der Waals surface area contributed by atoms with Crippen LogP contribution >= 0.6 is 0 Å². The van der Waals surface area contributed by atoms with Crippen molar-refractivity contribution in [3.8, 4) is 45.0 Å². The van der Waals surface area contributed by atoms with Crippen molar-refractivity contribution in [3.05, 3.63) is 133 Å². The topological polar surface area (TPSA) is 51.6 Å². The van der Waals surface area contributed by atoms with Crippen LogP contribution in [0.4, 0.5) is 0 Å². The van der Waals surface area contributed by atoms with Crippen molar-refractivity contribution >= 4 is 22.1 Å². The molecule has 0 saturated carbocycles. The molecular formula is C35H24N4. The third kappa shape index (κ3) is 4.12. The van der Waals surface area contributed by atoms with E-state index in [2.05, 4.69) is 61.5 Å². The maximum Gasteiger partial charge on any atom is 0.118 e. The lowest BCUT2D eigenvalue weighted by Gasteiger charge is -2.15. The van der Waals surface area contributed by atoms with E-state index >= 15 is 0 Å². The molecule has 0 radical (unpaired) electrons. The number of nitrogens with zero attached hydrogens (tertiary/aromatic N) is 4. The van der Waals surface area contributed by atoms with E-state index in [-0.39, 0.29) is 0 Å². The summed E-state index contributed by atoms with van der Waals surface area (Å²) in [7, 11) is 0. The van der Waals surface area contributed by atoms with Gasteiger partial charge in [0.1, 0.15) is 11.0 Å². The fourth-order valence-corrected chi connectivity index (χ4v) is 5.06. The van der Waals surface area contributed by atoms with Crippen LogP contribution in [-0.2, 0) is 0 Å². The van der Waals surface area contributed by atoms with Gasteiger partial charge in [-0.1, -0.05) is 121 Å². The normalized spacial score (nSPS) is 11.2. The second-order valence-corrected chi connectivity index (χ2v) is 9.56. The summed E-state index contributed by atoms with van der Waals surface area (Å²) in [5, 5.41) is 0. The van der Waals surface area contributed by atoms with Crippen LogP contribution in [0.25, 0.3) is 67.1 Å². The van der Waals surface area contributed by atoms with Gasteiger partial charge in [0, 0.05) is 22.3 Å². The highest BCUT2D eigenvalue weighted by molar-refractivity contribution is 6.05. The molecule has 0 N–H and O–H groups in total. The van der Waals surface area contributed by atoms with Crippen LogP contribution < -0.4 is 0 Å². The lowest BCUT2D eigenvalue weighted by molar-refractivity contribution is 1.25. The second kappa shape index (κ2) is 9.58. The van der Waals surface area contributed by atoms with Gasteiger partial charge < -0.3 is 0 Å². The van der Waals surface area contributed by atoms with Gasteiger partial charge in [-0.05, 0) is 18.6 Å². The molecule has 4 nitrogen and oxygen atoms in total. The SMILES string of the molecule is Cc1cc2nc(-c3ccccc3)c(-c3ccccc3)nc2c2nc(-c3ccccc3)c(-c3ccccc3)nc12. The molecule has 0 aliphatic carbocycles. The first-order valence-electron chi connectivity index (χ1n) is 13.0. The number of fused-ring (bicyclic) bond motifs is 3. The number of hydrogen-bond acceptors (Lipinski definition) is 4. The summed E-state index contributed by atoms with van der Waals surface area (Å²) in [6.45, 7) is 2.07. The minimum absolute atomic E-state index is 0.749. The quantitative estimate of drug-likeness (QED) is 0.227. The fourth-order valence-electron chi connectivity index (χ4n) is 5.06. The van der Waals surface area contributed by atoms with E-state index < -0.39 is 0 Å². The molecule has 2 aromatic heterocycles. The van der Waals surface area contributed by atoms with Gasteiger partial charge in [-0.15, -0.1) is 0 Å². The molecule has 7 aromatic rings. The molecule has 0 atom stereocenters. The van der Waals surface area contributed by atoms with Gasteiger partial charge in [-0.2, -0.15) is 0 Å². The van der Waals surface area contributed by atoms with Crippen LogP contribution in [0, 0.1) is 6.92 Å². The summed E-state index contributed by atoms with van der Waals surface area (Å²) in [4.78, 5) is 21.0. The van der Waals surface area contributed by atoms with Crippen LogP contribution in [-0.4, -0.2) is 19.9 Å². The molecule has 0 aliphatic heterocycles. The summed E-state index contributed by atoms with van der Waals surface area (Å²) < 4.78 is 0. The largest absolute Gasteiger partial charge is 0.244 e. The summed E-state index contributed by atoms with van der Waals surface area (Å²) in [6, 6.07) is 43.0. The van der Waals surface area contributed by atoms with Crippen molar-refractivity contribution in [3.63, 3.8) is 0 Å². The predicted octanol–water partition coefficient (Wildman–Crippen LogP) is 8.55. The van der Waals surface area contributed by atoms with Gasteiger partial charge in [0.2, 0.25) is 0 Å². The van der Waals surface area contributed by atoms with Crippen molar-refractivity contribution in [2.24, 2.45) is 0 Å². The molecule has 39 heavy (non-hydrogen) atoms. The van der Waals surface area contributed by atoms with E-state index in [0.29, 0.717) is 0 Å². The number of benzene rings is 5. The Kier molecular flexibility index (Phi) is 5.64. The standard InChI is InChI=1S/C35H24N4/c1-23-22-28-34(38-31(25-16-8-3-9-17-25)30(36-28)24-14-6-2-7-15-24)35-29(23)37-32(26-18-10-4-11-19-26)33(39-35)27-20-12-5-13-21-27/h2-22H,1H3. The van der Waals surface area contributed by atoms with Crippen molar-refractivity contribution in [1.82, 2.24) is 19.9 Å². The van der Waals surface area contributed by atoms with Crippen molar-refractivity contribution in [2.45, 2.75) is 6.92 Å². The van der Waals surface area contributed by atoms with Crippen molar-refractivity contribution < 1.29 is 0 Å². The first-order valence-corrected chi connectivity index (χ1v) is 13.0. The van der Waals surface area contributed by atoms with Gasteiger partial charge in [-0.3, -0.25) is 0 Å². The molecule has 2 heterocycles. The summed E-state index contributed by atoms with van der Waals surface area (Å²) >= 11 is 0. The van der Waals surface area contributed by atoms with Gasteiger partial charge in [0.25, 0.3) is 0 Å². The monoisotopic (exact) mass is 500 g/mol. The molecule has 4 heteroatoms. The van der Waals surface area contributed by atoms with Gasteiger partial charge in [0.15, 0.2) is 0 Å². The van der Waals surface area contributed by atoms with Crippen LogP contribution in [0.1, 0.15) is 5.56 Å².